The van der Waals surface area contributed by atoms with Crippen LogP contribution in [0.4, 0.5) is 0 Å². The van der Waals surface area contributed by atoms with Crippen molar-refractivity contribution in [3.05, 3.63) is 188 Å². The number of hydrogen-bond donors (Lipinski definition) is 0. The summed E-state index contributed by atoms with van der Waals surface area (Å²) in [6.45, 7) is 0. The van der Waals surface area contributed by atoms with Crippen LogP contribution in [0.5, 0.6) is 23.0 Å². The Morgan fingerprint density at radius 3 is 1.75 bits per heavy atom. The summed E-state index contributed by atoms with van der Waals surface area (Å²) in [6.07, 6.45) is 0. The second-order valence-corrected chi connectivity index (χ2v) is 12.8. The van der Waals surface area contributed by atoms with Crippen LogP contribution < -0.4 is 9.47 Å². The first kappa shape index (κ1) is 29.1. The Morgan fingerprint density at radius 1 is 0.333 bits per heavy atom. The number of fused-ring (bicyclic) bond motifs is 9. The van der Waals surface area contributed by atoms with Gasteiger partial charge in [-0.2, -0.15) is 0 Å². The molecular weight excluding hydrogens is 623 g/mol. The maximum atomic E-state index is 7.05. The van der Waals surface area contributed by atoms with Crippen LogP contribution in [0.2, 0.25) is 0 Å². The Bertz CT molecular complexity index is 2740. The molecule has 51 heavy (non-hydrogen) atoms. The molecule has 9 aromatic rings. The monoisotopic (exact) mass is 653 g/mol. The molecule has 0 unspecified atom stereocenters. The highest BCUT2D eigenvalue weighted by Gasteiger charge is 2.24. The molecule has 0 aliphatic carbocycles. The number of para-hydroxylation sites is 5. The summed E-state index contributed by atoms with van der Waals surface area (Å²) in [6, 6.07) is 65.7. The summed E-state index contributed by atoms with van der Waals surface area (Å²) in [4.78, 5) is 0. The summed E-state index contributed by atoms with van der Waals surface area (Å²) in [7, 11) is 0. The molecule has 1 aliphatic heterocycles. The van der Waals surface area contributed by atoms with Gasteiger partial charge in [0.25, 0.3) is 0 Å². The zero-order valence-electron chi connectivity index (χ0n) is 27.7. The molecule has 2 heterocycles. The molecule has 0 atom stereocenters. The second kappa shape index (κ2) is 11.9. The van der Waals surface area contributed by atoms with Gasteiger partial charge in [-0.1, -0.05) is 140 Å². The van der Waals surface area contributed by atoms with E-state index in [9.17, 15) is 0 Å². The molecule has 3 nitrogen and oxygen atoms in total. The van der Waals surface area contributed by atoms with Crippen molar-refractivity contribution in [1.82, 2.24) is 4.57 Å². The SMILES string of the molecule is c1ccc(-c2cccc3c2-c2ccccc2Oc2ccccc2-c2cc(-c4cccc5c6ccccc6n(-c6ccccc6)c45)ccc2O3)cc1. The first-order valence-corrected chi connectivity index (χ1v) is 17.3. The maximum Gasteiger partial charge on any atom is 0.136 e. The van der Waals surface area contributed by atoms with Crippen LogP contribution in [-0.2, 0) is 0 Å². The Kier molecular flexibility index (Phi) is 6.81. The maximum absolute atomic E-state index is 7.05. The van der Waals surface area contributed by atoms with Gasteiger partial charge in [0.05, 0.1) is 11.0 Å². The molecule has 0 bridgehead atoms. The summed E-state index contributed by atoms with van der Waals surface area (Å²) in [5.74, 6) is 3.07. The molecule has 0 saturated carbocycles. The van der Waals surface area contributed by atoms with E-state index in [0.717, 1.165) is 73.2 Å². The fourth-order valence-electron chi connectivity index (χ4n) is 7.62. The van der Waals surface area contributed by atoms with Crippen LogP contribution in [0, 0.1) is 0 Å². The topological polar surface area (TPSA) is 23.4 Å². The molecule has 0 fully saturated rings. The first-order valence-electron chi connectivity index (χ1n) is 17.3. The standard InChI is InChI=1S/C48H31NO2/c1-3-15-32(16-4-1)35-22-14-28-46-47(35)40-21-9-12-27-44(40)50-43-26-11-8-20-38(43)41-31-33(29-30-45(41)51-46)36-23-13-24-39-37-19-7-10-25-42(37)49(48(36)39)34-17-5-2-6-18-34/h1-31H. The smallest absolute Gasteiger partial charge is 0.136 e. The number of ether oxygens (including phenoxy) is 2. The van der Waals surface area contributed by atoms with E-state index >= 15 is 0 Å². The van der Waals surface area contributed by atoms with Crippen LogP contribution in [0.15, 0.2) is 188 Å². The van der Waals surface area contributed by atoms with Crippen molar-refractivity contribution in [1.29, 1.82) is 0 Å². The molecule has 0 amide bonds. The highest BCUT2D eigenvalue weighted by atomic mass is 16.5. The van der Waals surface area contributed by atoms with E-state index in [0.29, 0.717) is 0 Å². The lowest BCUT2D eigenvalue weighted by Crippen LogP contribution is -1.99. The molecule has 0 spiro atoms. The van der Waals surface area contributed by atoms with Gasteiger partial charge < -0.3 is 14.0 Å². The van der Waals surface area contributed by atoms with Crippen molar-refractivity contribution in [2.24, 2.45) is 0 Å². The van der Waals surface area contributed by atoms with Gasteiger partial charge in [-0.25, -0.2) is 0 Å². The minimum atomic E-state index is 0.761. The van der Waals surface area contributed by atoms with Gasteiger partial charge in [-0.05, 0) is 65.2 Å². The zero-order chi connectivity index (χ0) is 33.7. The molecule has 240 valence electrons. The largest absolute Gasteiger partial charge is 0.456 e. The van der Waals surface area contributed by atoms with Crippen LogP contribution >= 0.6 is 0 Å². The van der Waals surface area contributed by atoms with E-state index in [-0.39, 0.29) is 0 Å². The number of hydrogen-bond acceptors (Lipinski definition) is 2. The van der Waals surface area contributed by atoms with Crippen molar-refractivity contribution in [3.63, 3.8) is 0 Å². The van der Waals surface area contributed by atoms with Crippen LogP contribution in [0.1, 0.15) is 0 Å². The van der Waals surface area contributed by atoms with E-state index in [1.165, 1.54) is 21.8 Å². The zero-order valence-corrected chi connectivity index (χ0v) is 27.7. The molecule has 1 aliphatic rings. The average Bonchev–Trinajstić information content (AvgIpc) is 3.54. The Morgan fingerprint density at radius 2 is 0.902 bits per heavy atom. The number of rotatable bonds is 3. The second-order valence-electron chi connectivity index (χ2n) is 12.8. The Hall–Kier alpha value is -6.84. The minimum absolute atomic E-state index is 0.761. The third-order valence-electron chi connectivity index (χ3n) is 9.88. The number of nitrogens with zero attached hydrogens (tertiary/aromatic N) is 1. The van der Waals surface area contributed by atoms with Gasteiger partial charge in [0.1, 0.15) is 23.0 Å². The number of aromatic nitrogens is 1. The van der Waals surface area contributed by atoms with E-state index in [2.05, 4.69) is 162 Å². The molecular formula is C48H31NO2. The van der Waals surface area contributed by atoms with Gasteiger partial charge in [0.15, 0.2) is 0 Å². The first-order chi connectivity index (χ1) is 25.3. The fourth-order valence-corrected chi connectivity index (χ4v) is 7.62. The molecule has 1 aromatic heterocycles. The van der Waals surface area contributed by atoms with Gasteiger partial charge in [0, 0.05) is 44.3 Å². The van der Waals surface area contributed by atoms with Gasteiger partial charge in [0.2, 0.25) is 0 Å². The van der Waals surface area contributed by atoms with Crippen molar-refractivity contribution in [3.8, 4) is 73.2 Å². The molecule has 3 heteroatoms. The van der Waals surface area contributed by atoms with E-state index in [4.69, 9.17) is 9.47 Å². The predicted octanol–water partition coefficient (Wildman–Crippen LogP) is 13.3. The lowest BCUT2D eigenvalue weighted by Gasteiger charge is -2.23. The van der Waals surface area contributed by atoms with Crippen molar-refractivity contribution in [2.45, 2.75) is 0 Å². The quantitative estimate of drug-likeness (QED) is 0.189. The number of benzene rings is 8. The third-order valence-corrected chi connectivity index (χ3v) is 9.88. The summed E-state index contributed by atoms with van der Waals surface area (Å²) >= 11 is 0. The Balaban J connectivity index is 1.23. The molecule has 0 radical (unpaired) electrons. The van der Waals surface area contributed by atoms with E-state index in [1.807, 2.05) is 30.3 Å². The van der Waals surface area contributed by atoms with Crippen LogP contribution in [-0.4, -0.2) is 4.57 Å². The minimum Gasteiger partial charge on any atom is -0.456 e. The Labute approximate surface area is 296 Å². The van der Waals surface area contributed by atoms with Crippen molar-refractivity contribution >= 4 is 21.8 Å². The summed E-state index contributed by atoms with van der Waals surface area (Å²) in [5.41, 5.74) is 11.8. The predicted molar refractivity (Wildman–Crippen MR) is 209 cm³/mol. The molecule has 0 saturated heterocycles. The average molecular weight is 654 g/mol. The van der Waals surface area contributed by atoms with Gasteiger partial charge in [-0.3, -0.25) is 0 Å². The summed E-state index contributed by atoms with van der Waals surface area (Å²) in [5, 5.41) is 2.44. The fraction of sp³-hybridized carbons (Fsp3) is 0. The van der Waals surface area contributed by atoms with Crippen LogP contribution in [0.25, 0.3) is 72.0 Å². The molecule has 10 rings (SSSR count). The molecule has 8 aromatic carbocycles. The van der Waals surface area contributed by atoms with Gasteiger partial charge in [-0.15, -0.1) is 0 Å². The normalized spacial score (nSPS) is 11.8. The van der Waals surface area contributed by atoms with E-state index < -0.39 is 0 Å². The summed E-state index contributed by atoms with van der Waals surface area (Å²) < 4.78 is 16.3. The lowest BCUT2D eigenvalue weighted by atomic mass is 9.92. The van der Waals surface area contributed by atoms with E-state index in [1.54, 1.807) is 0 Å². The highest BCUT2D eigenvalue weighted by Crippen LogP contribution is 2.50. The van der Waals surface area contributed by atoms with Gasteiger partial charge >= 0.3 is 0 Å². The van der Waals surface area contributed by atoms with Crippen LogP contribution in [0.3, 0.4) is 0 Å². The van der Waals surface area contributed by atoms with Crippen molar-refractivity contribution in [2.75, 3.05) is 0 Å². The third kappa shape index (κ3) is 4.82. The van der Waals surface area contributed by atoms with Crippen molar-refractivity contribution < 1.29 is 9.47 Å². The molecule has 0 N–H and O–H groups in total. The lowest BCUT2D eigenvalue weighted by molar-refractivity contribution is 0.472. The highest BCUT2D eigenvalue weighted by molar-refractivity contribution is 6.14.